The lowest BCUT2D eigenvalue weighted by molar-refractivity contribution is -0.136. The van der Waals surface area contributed by atoms with E-state index in [9.17, 15) is 9.59 Å². The molecule has 8 nitrogen and oxygen atoms in total. The van der Waals surface area contributed by atoms with Crippen LogP contribution in [0.1, 0.15) is 5.56 Å². The van der Waals surface area contributed by atoms with Gasteiger partial charge in [-0.3, -0.25) is 14.6 Å². The second-order valence-electron chi connectivity index (χ2n) is 4.50. The minimum absolute atomic E-state index is 0.344. The van der Waals surface area contributed by atoms with Gasteiger partial charge < -0.3 is 14.8 Å². The molecule has 0 fully saturated rings. The minimum Gasteiger partial charge on any atom is -0.497 e. The summed E-state index contributed by atoms with van der Waals surface area (Å²) in [4.78, 5) is 27.5. The van der Waals surface area contributed by atoms with Gasteiger partial charge in [0.25, 0.3) is 0 Å². The first-order valence-electron chi connectivity index (χ1n) is 6.90. The van der Waals surface area contributed by atoms with Gasteiger partial charge in [0.1, 0.15) is 11.5 Å². The van der Waals surface area contributed by atoms with Crippen LogP contribution in [0.4, 0.5) is 5.69 Å². The molecule has 0 bridgehead atoms. The number of hydrogen-bond acceptors (Lipinski definition) is 6. The van der Waals surface area contributed by atoms with E-state index in [4.69, 9.17) is 9.47 Å². The molecule has 124 valence electrons. The van der Waals surface area contributed by atoms with Crippen LogP contribution in [0.2, 0.25) is 0 Å². The highest BCUT2D eigenvalue weighted by Crippen LogP contribution is 2.28. The Morgan fingerprint density at radius 2 is 1.83 bits per heavy atom. The Kier molecular flexibility index (Phi) is 5.84. The molecule has 8 heteroatoms. The summed E-state index contributed by atoms with van der Waals surface area (Å²) in [5, 5.41) is 6.16. The number of aromatic nitrogens is 1. The number of amides is 2. The van der Waals surface area contributed by atoms with E-state index in [1.165, 1.54) is 20.4 Å². The van der Waals surface area contributed by atoms with Gasteiger partial charge in [0, 0.05) is 18.5 Å². The normalized spacial score (nSPS) is 10.2. The molecule has 0 radical (unpaired) electrons. The van der Waals surface area contributed by atoms with Gasteiger partial charge in [-0.1, -0.05) is 0 Å². The molecule has 24 heavy (non-hydrogen) atoms. The maximum atomic E-state index is 11.9. The molecule has 2 aromatic rings. The summed E-state index contributed by atoms with van der Waals surface area (Å²) in [7, 11) is 2.96. The molecular weight excluding hydrogens is 312 g/mol. The van der Waals surface area contributed by atoms with Gasteiger partial charge >= 0.3 is 11.8 Å². The largest absolute Gasteiger partial charge is 0.497 e. The van der Waals surface area contributed by atoms with Gasteiger partial charge in [0.15, 0.2) is 0 Å². The molecule has 0 unspecified atom stereocenters. The van der Waals surface area contributed by atoms with Crippen LogP contribution >= 0.6 is 0 Å². The Hall–Kier alpha value is -3.42. The number of hydrazone groups is 1. The standard InChI is InChI=1S/C16H16N4O4/c1-23-12-3-4-13(14(9-12)24-2)19-15(21)16(22)20-18-10-11-5-7-17-8-6-11/h3-10H,1-2H3,(H,19,21)(H,20,22)/b18-10+. The highest BCUT2D eigenvalue weighted by Gasteiger charge is 2.15. The van der Waals surface area contributed by atoms with Crippen molar-refractivity contribution >= 4 is 23.7 Å². The predicted octanol–water partition coefficient (Wildman–Crippen LogP) is 1.19. The van der Waals surface area contributed by atoms with Gasteiger partial charge in [-0.05, 0) is 29.8 Å². The number of hydrogen-bond donors (Lipinski definition) is 2. The average Bonchev–Trinajstić information content (AvgIpc) is 2.62. The molecule has 0 spiro atoms. The van der Waals surface area contributed by atoms with Crippen LogP contribution in [0.3, 0.4) is 0 Å². The number of rotatable bonds is 5. The lowest BCUT2D eigenvalue weighted by Crippen LogP contribution is -2.32. The van der Waals surface area contributed by atoms with Gasteiger partial charge in [-0.25, -0.2) is 5.43 Å². The van der Waals surface area contributed by atoms with Crippen LogP contribution in [0.25, 0.3) is 0 Å². The molecule has 0 saturated carbocycles. The SMILES string of the molecule is COc1ccc(NC(=O)C(=O)N/N=C/c2ccncc2)c(OC)c1. The van der Waals surface area contributed by atoms with Crippen molar-refractivity contribution in [3.63, 3.8) is 0 Å². The van der Waals surface area contributed by atoms with Crippen molar-refractivity contribution in [2.24, 2.45) is 5.10 Å². The van der Waals surface area contributed by atoms with Crippen molar-refractivity contribution in [2.45, 2.75) is 0 Å². The summed E-state index contributed by atoms with van der Waals surface area (Å²) >= 11 is 0. The Morgan fingerprint density at radius 3 is 2.50 bits per heavy atom. The minimum atomic E-state index is -0.904. The highest BCUT2D eigenvalue weighted by molar-refractivity contribution is 6.39. The Morgan fingerprint density at radius 1 is 1.08 bits per heavy atom. The maximum Gasteiger partial charge on any atom is 0.329 e. The van der Waals surface area contributed by atoms with Crippen molar-refractivity contribution < 1.29 is 19.1 Å². The fourth-order valence-electron chi connectivity index (χ4n) is 1.75. The van der Waals surface area contributed by atoms with Gasteiger partial charge in [0.2, 0.25) is 0 Å². The lowest BCUT2D eigenvalue weighted by Gasteiger charge is -2.10. The topological polar surface area (TPSA) is 102 Å². The van der Waals surface area contributed by atoms with Crippen molar-refractivity contribution in [1.29, 1.82) is 0 Å². The summed E-state index contributed by atoms with van der Waals surface area (Å²) < 4.78 is 10.2. The van der Waals surface area contributed by atoms with E-state index in [0.717, 1.165) is 5.56 Å². The summed E-state index contributed by atoms with van der Waals surface area (Å²) in [6, 6.07) is 8.21. The number of anilines is 1. The molecule has 1 aromatic heterocycles. The molecule has 2 N–H and O–H groups in total. The summed E-state index contributed by atoms with van der Waals surface area (Å²) in [5.74, 6) is -0.837. The van der Waals surface area contributed by atoms with E-state index in [2.05, 4.69) is 20.8 Å². The van der Waals surface area contributed by atoms with E-state index in [-0.39, 0.29) is 0 Å². The average molecular weight is 328 g/mol. The molecule has 0 saturated heterocycles. The molecule has 2 amide bonds. The summed E-state index contributed by atoms with van der Waals surface area (Å²) in [6.45, 7) is 0. The third-order valence-corrected chi connectivity index (χ3v) is 2.95. The monoisotopic (exact) mass is 328 g/mol. The fraction of sp³-hybridized carbons (Fsp3) is 0.125. The van der Waals surface area contributed by atoms with Gasteiger partial charge in [-0.15, -0.1) is 0 Å². The summed E-state index contributed by atoms with van der Waals surface area (Å²) in [6.07, 6.45) is 4.58. The van der Waals surface area contributed by atoms with E-state index >= 15 is 0 Å². The predicted molar refractivity (Wildman–Crippen MR) is 88.1 cm³/mol. The second-order valence-corrected chi connectivity index (χ2v) is 4.50. The highest BCUT2D eigenvalue weighted by atomic mass is 16.5. The van der Waals surface area contributed by atoms with E-state index in [1.807, 2.05) is 0 Å². The van der Waals surface area contributed by atoms with Crippen molar-refractivity contribution in [2.75, 3.05) is 19.5 Å². The number of pyridine rings is 1. The van der Waals surface area contributed by atoms with Crippen LogP contribution < -0.4 is 20.2 Å². The van der Waals surface area contributed by atoms with Gasteiger partial charge in [0.05, 0.1) is 26.1 Å². The number of nitrogens with one attached hydrogen (secondary N) is 2. The zero-order chi connectivity index (χ0) is 17.4. The van der Waals surface area contributed by atoms with E-state index < -0.39 is 11.8 Å². The Balaban J connectivity index is 1.96. The third-order valence-electron chi connectivity index (χ3n) is 2.95. The number of carbonyl (C=O) groups excluding carboxylic acids is 2. The maximum absolute atomic E-state index is 11.9. The zero-order valence-corrected chi connectivity index (χ0v) is 13.1. The summed E-state index contributed by atoms with van der Waals surface area (Å²) in [5.41, 5.74) is 3.23. The number of carbonyl (C=O) groups is 2. The van der Waals surface area contributed by atoms with Crippen molar-refractivity contribution in [1.82, 2.24) is 10.4 Å². The van der Waals surface area contributed by atoms with Crippen LogP contribution in [0.5, 0.6) is 11.5 Å². The first-order valence-corrected chi connectivity index (χ1v) is 6.90. The quantitative estimate of drug-likeness (QED) is 0.488. The second kappa shape index (κ2) is 8.28. The number of ether oxygens (including phenoxy) is 2. The first-order chi connectivity index (χ1) is 11.6. The van der Waals surface area contributed by atoms with Crippen molar-refractivity contribution in [3.8, 4) is 11.5 Å². The first kappa shape index (κ1) is 16.9. The van der Waals surface area contributed by atoms with Crippen LogP contribution in [-0.4, -0.2) is 37.2 Å². The molecule has 2 rings (SSSR count). The van der Waals surface area contributed by atoms with Crippen LogP contribution in [-0.2, 0) is 9.59 Å². The lowest BCUT2D eigenvalue weighted by atomic mass is 10.2. The molecule has 1 aromatic carbocycles. The van der Waals surface area contributed by atoms with Gasteiger partial charge in [-0.2, -0.15) is 5.10 Å². The molecule has 0 atom stereocenters. The zero-order valence-electron chi connectivity index (χ0n) is 13.1. The molecule has 1 heterocycles. The fourth-order valence-corrected chi connectivity index (χ4v) is 1.75. The van der Waals surface area contributed by atoms with E-state index in [0.29, 0.717) is 17.2 Å². The molecular formula is C16H16N4O4. The van der Waals surface area contributed by atoms with E-state index in [1.54, 1.807) is 42.7 Å². The Labute approximate surface area is 138 Å². The third kappa shape index (κ3) is 4.54. The van der Waals surface area contributed by atoms with Crippen LogP contribution in [0, 0.1) is 0 Å². The van der Waals surface area contributed by atoms with Crippen molar-refractivity contribution in [3.05, 3.63) is 48.3 Å². The number of nitrogens with zero attached hydrogens (tertiary/aromatic N) is 2. The smallest absolute Gasteiger partial charge is 0.329 e. The molecule has 0 aliphatic heterocycles. The number of benzene rings is 1. The number of methoxy groups -OCH3 is 2. The molecule has 0 aliphatic carbocycles. The van der Waals surface area contributed by atoms with Crippen LogP contribution in [0.15, 0.2) is 47.8 Å². The molecule has 0 aliphatic rings. The Bertz CT molecular complexity index is 747.